The molecule has 0 saturated carbocycles. The molecule has 0 aromatic heterocycles. The van der Waals surface area contributed by atoms with Gasteiger partial charge in [0.1, 0.15) is 0 Å². The third-order valence-electron chi connectivity index (χ3n) is 3.82. The standard InChI is InChI=1S/C17H29BrN2/c1-5-14(3)13-20(4)11-10-17(19-6-2)15-8-7-9-16(18)12-15/h7-9,12,14,17,19H,5-6,10-11,13H2,1-4H3. The summed E-state index contributed by atoms with van der Waals surface area (Å²) < 4.78 is 1.16. The molecule has 114 valence electrons. The summed E-state index contributed by atoms with van der Waals surface area (Å²) in [6.45, 7) is 10.1. The zero-order valence-electron chi connectivity index (χ0n) is 13.3. The maximum Gasteiger partial charge on any atom is 0.0332 e. The molecule has 2 atom stereocenters. The van der Waals surface area contributed by atoms with E-state index in [1.807, 2.05) is 0 Å². The molecule has 20 heavy (non-hydrogen) atoms. The quantitative estimate of drug-likeness (QED) is 0.713. The summed E-state index contributed by atoms with van der Waals surface area (Å²) in [7, 11) is 2.23. The van der Waals surface area contributed by atoms with E-state index < -0.39 is 0 Å². The fourth-order valence-corrected chi connectivity index (χ4v) is 2.88. The van der Waals surface area contributed by atoms with Crippen LogP contribution in [-0.2, 0) is 0 Å². The van der Waals surface area contributed by atoms with Crippen LogP contribution in [0.1, 0.15) is 45.2 Å². The molecular formula is C17H29BrN2. The van der Waals surface area contributed by atoms with Crippen LogP contribution in [0.15, 0.2) is 28.7 Å². The number of hydrogen-bond donors (Lipinski definition) is 1. The van der Waals surface area contributed by atoms with Gasteiger partial charge in [0.05, 0.1) is 0 Å². The number of benzene rings is 1. The van der Waals surface area contributed by atoms with Gasteiger partial charge in [0.15, 0.2) is 0 Å². The maximum atomic E-state index is 3.60. The van der Waals surface area contributed by atoms with Gasteiger partial charge >= 0.3 is 0 Å². The molecule has 0 saturated heterocycles. The minimum atomic E-state index is 0.442. The Morgan fingerprint density at radius 2 is 2.05 bits per heavy atom. The van der Waals surface area contributed by atoms with Gasteiger partial charge in [0.2, 0.25) is 0 Å². The molecule has 1 aromatic rings. The minimum absolute atomic E-state index is 0.442. The number of nitrogens with zero attached hydrogens (tertiary/aromatic N) is 1. The van der Waals surface area contributed by atoms with Crippen molar-refractivity contribution >= 4 is 15.9 Å². The first-order chi connectivity index (χ1) is 9.56. The van der Waals surface area contributed by atoms with Gasteiger partial charge in [-0.25, -0.2) is 0 Å². The lowest BCUT2D eigenvalue weighted by molar-refractivity contribution is 0.266. The maximum absolute atomic E-state index is 3.60. The Hall–Kier alpha value is -0.380. The Morgan fingerprint density at radius 1 is 1.30 bits per heavy atom. The van der Waals surface area contributed by atoms with Crippen molar-refractivity contribution in [1.29, 1.82) is 0 Å². The zero-order chi connectivity index (χ0) is 15.0. The van der Waals surface area contributed by atoms with E-state index in [0.717, 1.165) is 29.9 Å². The highest BCUT2D eigenvalue weighted by atomic mass is 79.9. The SMILES string of the molecule is CCNC(CCN(C)CC(C)CC)c1cccc(Br)c1. The molecule has 0 amide bonds. The second-order valence-electron chi connectivity index (χ2n) is 5.73. The Balaban J connectivity index is 2.55. The van der Waals surface area contributed by atoms with E-state index in [0.29, 0.717) is 6.04 Å². The lowest BCUT2D eigenvalue weighted by Gasteiger charge is -2.24. The highest BCUT2D eigenvalue weighted by Gasteiger charge is 2.12. The van der Waals surface area contributed by atoms with E-state index in [1.54, 1.807) is 0 Å². The van der Waals surface area contributed by atoms with Gasteiger partial charge in [-0.05, 0) is 50.2 Å². The van der Waals surface area contributed by atoms with Gasteiger partial charge in [-0.2, -0.15) is 0 Å². The molecule has 1 rings (SSSR count). The van der Waals surface area contributed by atoms with Gasteiger partial charge in [-0.15, -0.1) is 0 Å². The topological polar surface area (TPSA) is 15.3 Å². The fourth-order valence-electron chi connectivity index (χ4n) is 2.46. The van der Waals surface area contributed by atoms with E-state index >= 15 is 0 Å². The van der Waals surface area contributed by atoms with Crippen molar-refractivity contribution in [3.8, 4) is 0 Å². The van der Waals surface area contributed by atoms with E-state index in [-0.39, 0.29) is 0 Å². The lowest BCUT2D eigenvalue weighted by Crippen LogP contribution is -2.29. The molecule has 0 aliphatic rings. The van der Waals surface area contributed by atoms with Crippen LogP contribution in [0.25, 0.3) is 0 Å². The van der Waals surface area contributed by atoms with Crippen molar-refractivity contribution in [2.75, 3.05) is 26.7 Å². The number of halogens is 1. The average molecular weight is 341 g/mol. The van der Waals surface area contributed by atoms with E-state index in [4.69, 9.17) is 0 Å². The van der Waals surface area contributed by atoms with Gasteiger partial charge in [0, 0.05) is 17.1 Å². The molecule has 0 bridgehead atoms. The summed E-state index contributed by atoms with van der Waals surface area (Å²) in [5, 5.41) is 3.60. The molecule has 0 aliphatic carbocycles. The first-order valence-electron chi connectivity index (χ1n) is 7.74. The van der Waals surface area contributed by atoms with Gasteiger partial charge in [-0.1, -0.05) is 55.3 Å². The van der Waals surface area contributed by atoms with Crippen LogP contribution in [0.4, 0.5) is 0 Å². The fraction of sp³-hybridized carbons (Fsp3) is 0.647. The summed E-state index contributed by atoms with van der Waals surface area (Å²) in [5.41, 5.74) is 1.37. The predicted molar refractivity (Wildman–Crippen MR) is 92.1 cm³/mol. The normalized spacial score (nSPS) is 14.5. The molecule has 3 heteroatoms. The minimum Gasteiger partial charge on any atom is -0.310 e. The monoisotopic (exact) mass is 340 g/mol. The average Bonchev–Trinajstić information content (AvgIpc) is 2.43. The number of hydrogen-bond acceptors (Lipinski definition) is 2. The highest BCUT2D eigenvalue weighted by Crippen LogP contribution is 2.21. The van der Waals surface area contributed by atoms with Crippen LogP contribution in [0, 0.1) is 5.92 Å². The number of nitrogens with one attached hydrogen (secondary N) is 1. The van der Waals surface area contributed by atoms with Gasteiger partial charge in [-0.3, -0.25) is 0 Å². The first kappa shape index (κ1) is 17.7. The molecule has 2 nitrogen and oxygen atoms in total. The molecule has 0 radical (unpaired) electrons. The molecule has 0 fully saturated rings. The molecule has 0 spiro atoms. The Labute approximate surface area is 133 Å². The second-order valence-corrected chi connectivity index (χ2v) is 6.65. The molecule has 2 unspecified atom stereocenters. The molecular weight excluding hydrogens is 312 g/mol. The van der Waals surface area contributed by atoms with Crippen molar-refractivity contribution < 1.29 is 0 Å². The molecule has 1 aromatic carbocycles. The molecule has 0 heterocycles. The van der Waals surface area contributed by atoms with E-state index in [9.17, 15) is 0 Å². The predicted octanol–water partition coefficient (Wildman–Crippen LogP) is 4.47. The first-order valence-corrected chi connectivity index (χ1v) is 8.53. The van der Waals surface area contributed by atoms with Crippen molar-refractivity contribution in [2.45, 2.75) is 39.7 Å². The molecule has 1 N–H and O–H groups in total. The van der Waals surface area contributed by atoms with Crippen molar-refractivity contribution in [3.63, 3.8) is 0 Å². The summed E-state index contributed by atoms with van der Waals surface area (Å²) in [6.07, 6.45) is 2.41. The van der Waals surface area contributed by atoms with E-state index in [1.165, 1.54) is 18.5 Å². The Bertz CT molecular complexity index is 381. The van der Waals surface area contributed by atoms with Crippen LogP contribution in [0.3, 0.4) is 0 Å². The van der Waals surface area contributed by atoms with Crippen LogP contribution in [-0.4, -0.2) is 31.6 Å². The Morgan fingerprint density at radius 3 is 2.65 bits per heavy atom. The number of rotatable bonds is 9. The summed E-state index contributed by atoms with van der Waals surface area (Å²) in [5.74, 6) is 0.781. The lowest BCUT2D eigenvalue weighted by atomic mass is 10.0. The second kappa shape index (κ2) is 9.54. The zero-order valence-corrected chi connectivity index (χ0v) is 14.9. The summed E-state index contributed by atoms with van der Waals surface area (Å²) in [6, 6.07) is 9.08. The van der Waals surface area contributed by atoms with Gasteiger partial charge in [0.25, 0.3) is 0 Å². The van der Waals surface area contributed by atoms with Crippen LogP contribution in [0.2, 0.25) is 0 Å². The highest BCUT2D eigenvalue weighted by molar-refractivity contribution is 9.10. The largest absolute Gasteiger partial charge is 0.310 e. The Kier molecular flexibility index (Phi) is 8.43. The van der Waals surface area contributed by atoms with Gasteiger partial charge < -0.3 is 10.2 Å². The molecule has 0 aliphatic heterocycles. The van der Waals surface area contributed by atoms with Crippen LogP contribution < -0.4 is 5.32 Å². The summed E-state index contributed by atoms with van der Waals surface area (Å²) >= 11 is 3.57. The van der Waals surface area contributed by atoms with Crippen molar-refractivity contribution in [3.05, 3.63) is 34.3 Å². The van der Waals surface area contributed by atoms with Crippen LogP contribution >= 0.6 is 15.9 Å². The van der Waals surface area contributed by atoms with E-state index in [2.05, 4.69) is 78.2 Å². The smallest absolute Gasteiger partial charge is 0.0332 e. The van der Waals surface area contributed by atoms with Crippen molar-refractivity contribution in [2.24, 2.45) is 5.92 Å². The summed E-state index contributed by atoms with van der Waals surface area (Å²) in [4.78, 5) is 2.45. The third-order valence-corrected chi connectivity index (χ3v) is 4.31. The third kappa shape index (κ3) is 6.38. The van der Waals surface area contributed by atoms with Crippen LogP contribution in [0.5, 0.6) is 0 Å². The van der Waals surface area contributed by atoms with Crippen molar-refractivity contribution in [1.82, 2.24) is 10.2 Å².